The Balaban J connectivity index is 2.24. The molecule has 20 heavy (non-hydrogen) atoms. The molecule has 1 aliphatic heterocycles. The number of carbonyl (C=O) groups is 1. The summed E-state index contributed by atoms with van der Waals surface area (Å²) in [6.07, 6.45) is -2.54. The van der Waals surface area contributed by atoms with Crippen LogP contribution in [0.4, 0.5) is 13.2 Å². The van der Waals surface area contributed by atoms with E-state index in [0.29, 0.717) is 0 Å². The molecule has 1 saturated heterocycles. The molecule has 0 saturated carbocycles. The molecule has 1 amide bonds. The van der Waals surface area contributed by atoms with E-state index in [0.717, 1.165) is 23.4 Å². The first kappa shape index (κ1) is 14.8. The molecule has 0 aromatic heterocycles. The van der Waals surface area contributed by atoms with E-state index in [1.54, 1.807) is 12.1 Å². The summed E-state index contributed by atoms with van der Waals surface area (Å²) in [5.74, 6) is -0.373. The van der Waals surface area contributed by atoms with Gasteiger partial charge in [-0.1, -0.05) is 37.6 Å². The predicted octanol–water partition coefficient (Wildman–Crippen LogP) is 2.98. The highest BCUT2D eigenvalue weighted by Crippen LogP contribution is 2.37. The Bertz CT molecular complexity index is 470. The lowest BCUT2D eigenvalue weighted by Crippen LogP contribution is -2.43. The lowest BCUT2D eigenvalue weighted by Gasteiger charge is -2.29. The van der Waals surface area contributed by atoms with Crippen LogP contribution >= 0.6 is 0 Å². The Morgan fingerprint density at radius 3 is 2.40 bits per heavy atom. The van der Waals surface area contributed by atoms with E-state index in [2.05, 4.69) is 5.43 Å². The number of carbonyl (C=O) groups excluding carboxylic acids is 1. The van der Waals surface area contributed by atoms with E-state index >= 15 is 0 Å². The van der Waals surface area contributed by atoms with Gasteiger partial charge < -0.3 is 0 Å². The first-order valence-electron chi connectivity index (χ1n) is 6.63. The minimum Gasteiger partial charge on any atom is -0.288 e. The van der Waals surface area contributed by atoms with Crippen molar-refractivity contribution in [1.29, 1.82) is 0 Å². The second kappa shape index (κ2) is 5.83. The van der Waals surface area contributed by atoms with Crippen LogP contribution < -0.4 is 5.43 Å². The number of rotatable bonds is 4. The van der Waals surface area contributed by atoms with Gasteiger partial charge >= 0.3 is 6.18 Å². The van der Waals surface area contributed by atoms with Gasteiger partial charge in [0.2, 0.25) is 5.91 Å². The van der Waals surface area contributed by atoms with Crippen LogP contribution in [-0.2, 0) is 11.2 Å². The van der Waals surface area contributed by atoms with Crippen molar-refractivity contribution in [2.75, 3.05) is 6.54 Å². The maximum Gasteiger partial charge on any atom is 0.409 e. The smallest absolute Gasteiger partial charge is 0.288 e. The number of hydrogen-bond donors (Lipinski definition) is 1. The van der Waals surface area contributed by atoms with Gasteiger partial charge in [0.1, 0.15) is 6.04 Å². The molecule has 1 atom stereocenters. The van der Waals surface area contributed by atoms with Gasteiger partial charge in [0.15, 0.2) is 0 Å². The van der Waals surface area contributed by atoms with Crippen LogP contribution in [0.3, 0.4) is 0 Å². The zero-order valence-corrected chi connectivity index (χ0v) is 11.2. The van der Waals surface area contributed by atoms with Gasteiger partial charge in [0, 0.05) is 13.0 Å². The SMILES string of the molecule is CCCc1ccc(C(N2CCC(=O)N2)C(F)(F)F)cc1. The Morgan fingerprint density at radius 2 is 1.95 bits per heavy atom. The average molecular weight is 286 g/mol. The third-order valence-corrected chi connectivity index (χ3v) is 3.30. The van der Waals surface area contributed by atoms with Crippen molar-refractivity contribution in [3.63, 3.8) is 0 Å². The Kier molecular flexibility index (Phi) is 4.32. The molecular weight excluding hydrogens is 269 g/mol. The number of halogens is 3. The summed E-state index contributed by atoms with van der Waals surface area (Å²) < 4.78 is 39.7. The molecule has 3 nitrogen and oxygen atoms in total. The van der Waals surface area contributed by atoms with Gasteiger partial charge in [-0.2, -0.15) is 13.2 Å². The van der Waals surface area contributed by atoms with Crippen LogP contribution in [0.15, 0.2) is 24.3 Å². The molecule has 0 radical (unpaired) electrons. The number of alkyl halides is 3. The van der Waals surface area contributed by atoms with E-state index in [1.165, 1.54) is 12.1 Å². The van der Waals surface area contributed by atoms with E-state index in [1.807, 2.05) is 6.92 Å². The second-order valence-electron chi connectivity index (χ2n) is 4.91. The minimum absolute atomic E-state index is 0.0692. The molecule has 1 aromatic rings. The zero-order chi connectivity index (χ0) is 14.8. The Hall–Kier alpha value is -1.56. The number of nitrogens with zero attached hydrogens (tertiary/aromatic N) is 1. The lowest BCUT2D eigenvalue weighted by atomic mass is 10.0. The Morgan fingerprint density at radius 1 is 1.30 bits per heavy atom. The first-order chi connectivity index (χ1) is 9.41. The highest BCUT2D eigenvalue weighted by atomic mass is 19.4. The molecule has 1 fully saturated rings. The van der Waals surface area contributed by atoms with Gasteiger partial charge in [-0.25, -0.2) is 5.01 Å². The van der Waals surface area contributed by atoms with Crippen molar-refractivity contribution in [1.82, 2.24) is 10.4 Å². The van der Waals surface area contributed by atoms with E-state index in [9.17, 15) is 18.0 Å². The van der Waals surface area contributed by atoms with Gasteiger partial charge in [0.05, 0.1) is 0 Å². The topological polar surface area (TPSA) is 32.3 Å². The molecule has 1 unspecified atom stereocenters. The molecular formula is C14H17F3N2O. The fraction of sp³-hybridized carbons (Fsp3) is 0.500. The fourth-order valence-electron chi connectivity index (χ4n) is 2.39. The minimum atomic E-state index is -4.43. The number of aryl methyl sites for hydroxylation is 1. The van der Waals surface area contributed by atoms with Crippen LogP contribution in [0, 0.1) is 0 Å². The number of hydrazine groups is 1. The highest BCUT2D eigenvalue weighted by Gasteiger charge is 2.46. The molecule has 2 rings (SSSR count). The zero-order valence-electron chi connectivity index (χ0n) is 11.2. The highest BCUT2D eigenvalue weighted by molar-refractivity contribution is 5.77. The molecule has 0 spiro atoms. The van der Waals surface area contributed by atoms with Crippen LogP contribution in [0.1, 0.15) is 36.9 Å². The van der Waals surface area contributed by atoms with Crippen molar-refractivity contribution in [3.8, 4) is 0 Å². The van der Waals surface area contributed by atoms with E-state index in [4.69, 9.17) is 0 Å². The molecule has 0 aliphatic carbocycles. The molecule has 1 aromatic carbocycles. The van der Waals surface area contributed by atoms with Crippen LogP contribution in [0.5, 0.6) is 0 Å². The van der Waals surface area contributed by atoms with E-state index < -0.39 is 12.2 Å². The first-order valence-corrected chi connectivity index (χ1v) is 6.63. The van der Waals surface area contributed by atoms with Crippen molar-refractivity contribution in [2.24, 2.45) is 0 Å². The van der Waals surface area contributed by atoms with Crippen LogP contribution in [-0.4, -0.2) is 23.6 Å². The third kappa shape index (κ3) is 3.30. The average Bonchev–Trinajstić information content (AvgIpc) is 2.77. The largest absolute Gasteiger partial charge is 0.409 e. The maximum absolute atomic E-state index is 13.2. The summed E-state index contributed by atoms with van der Waals surface area (Å²) in [6.45, 7) is 2.09. The van der Waals surface area contributed by atoms with Gasteiger partial charge in [0.25, 0.3) is 0 Å². The van der Waals surface area contributed by atoms with Gasteiger partial charge in [-0.05, 0) is 17.5 Å². The summed E-state index contributed by atoms with van der Waals surface area (Å²) in [5.41, 5.74) is 3.44. The molecule has 1 heterocycles. The lowest BCUT2D eigenvalue weighted by molar-refractivity contribution is -0.191. The number of amides is 1. The summed E-state index contributed by atoms with van der Waals surface area (Å²) in [7, 11) is 0. The normalized spacial score (nSPS) is 18.1. The predicted molar refractivity (Wildman–Crippen MR) is 68.7 cm³/mol. The van der Waals surface area contributed by atoms with Crippen molar-refractivity contribution in [3.05, 3.63) is 35.4 Å². The molecule has 6 heteroatoms. The summed E-state index contributed by atoms with van der Waals surface area (Å²) in [5, 5.41) is 0.969. The van der Waals surface area contributed by atoms with Crippen molar-refractivity contribution in [2.45, 2.75) is 38.4 Å². The summed E-state index contributed by atoms with van der Waals surface area (Å²) in [4.78, 5) is 11.1. The van der Waals surface area contributed by atoms with E-state index in [-0.39, 0.29) is 24.4 Å². The number of nitrogens with one attached hydrogen (secondary N) is 1. The van der Waals surface area contributed by atoms with Crippen molar-refractivity contribution < 1.29 is 18.0 Å². The quantitative estimate of drug-likeness (QED) is 0.923. The summed E-state index contributed by atoms with van der Waals surface area (Å²) in [6, 6.07) is 4.64. The molecule has 110 valence electrons. The van der Waals surface area contributed by atoms with Gasteiger partial charge in [-0.15, -0.1) is 0 Å². The van der Waals surface area contributed by atoms with Crippen LogP contribution in [0.25, 0.3) is 0 Å². The number of benzene rings is 1. The molecule has 1 aliphatic rings. The fourth-order valence-corrected chi connectivity index (χ4v) is 2.39. The van der Waals surface area contributed by atoms with Crippen molar-refractivity contribution >= 4 is 5.91 Å². The second-order valence-corrected chi connectivity index (χ2v) is 4.91. The molecule has 1 N–H and O–H groups in total. The molecule has 0 bridgehead atoms. The van der Waals surface area contributed by atoms with Crippen LogP contribution in [0.2, 0.25) is 0 Å². The summed E-state index contributed by atoms with van der Waals surface area (Å²) >= 11 is 0. The number of hydrogen-bond acceptors (Lipinski definition) is 2. The van der Waals surface area contributed by atoms with Gasteiger partial charge in [-0.3, -0.25) is 10.2 Å². The monoisotopic (exact) mass is 286 g/mol. The Labute approximate surface area is 115 Å². The third-order valence-electron chi connectivity index (χ3n) is 3.30. The standard InChI is InChI=1S/C14H17F3N2O/c1-2-3-10-4-6-11(7-5-10)13(14(15,16)17)19-9-8-12(20)18-19/h4-7,13H,2-3,8-9H2,1H3,(H,18,20). The maximum atomic E-state index is 13.2.